The number of hydrogen-bond donors (Lipinski definition) is 1. The first kappa shape index (κ1) is 10.5. The van der Waals surface area contributed by atoms with E-state index in [-0.39, 0.29) is 0 Å². The van der Waals surface area contributed by atoms with Gasteiger partial charge in [-0.3, -0.25) is 0 Å². The molecule has 3 unspecified atom stereocenters. The Balaban J connectivity index is 1.95. The number of nitrogens with one attached hydrogen (secondary N) is 1. The van der Waals surface area contributed by atoms with Crippen LogP contribution in [0.15, 0.2) is 0 Å². The second-order valence-electron chi connectivity index (χ2n) is 6.02. The van der Waals surface area contributed by atoms with E-state index in [0.717, 1.165) is 23.7 Å². The predicted molar refractivity (Wildman–Crippen MR) is 61.2 cm³/mol. The summed E-state index contributed by atoms with van der Waals surface area (Å²) < 4.78 is 0. The fourth-order valence-electron chi connectivity index (χ4n) is 3.66. The Morgan fingerprint density at radius 1 is 1.29 bits per heavy atom. The smallest absolute Gasteiger partial charge is 0.00142 e. The molecule has 1 N–H and O–H groups in total. The van der Waals surface area contributed by atoms with Crippen LogP contribution in [-0.2, 0) is 0 Å². The molecule has 0 aromatic carbocycles. The molecular formula is C13H25N. The van der Waals surface area contributed by atoms with E-state index in [4.69, 9.17) is 0 Å². The number of hydrogen-bond acceptors (Lipinski definition) is 1. The van der Waals surface area contributed by atoms with Crippen LogP contribution in [0.3, 0.4) is 0 Å². The fourth-order valence-corrected chi connectivity index (χ4v) is 3.66. The molecule has 1 saturated heterocycles. The van der Waals surface area contributed by atoms with Gasteiger partial charge in [-0.05, 0) is 42.2 Å². The molecule has 2 fully saturated rings. The van der Waals surface area contributed by atoms with Crippen molar-refractivity contribution in [2.24, 2.45) is 29.1 Å². The van der Waals surface area contributed by atoms with Crippen molar-refractivity contribution in [3.8, 4) is 0 Å². The third kappa shape index (κ3) is 1.50. The van der Waals surface area contributed by atoms with Gasteiger partial charge in [-0.2, -0.15) is 0 Å². The molecule has 0 bridgehead atoms. The Bertz CT molecular complexity index is 199. The molecule has 2 aliphatic rings. The summed E-state index contributed by atoms with van der Waals surface area (Å²) in [7, 11) is 0. The number of piperidine rings is 1. The van der Waals surface area contributed by atoms with Gasteiger partial charge in [0.1, 0.15) is 0 Å². The van der Waals surface area contributed by atoms with Crippen LogP contribution < -0.4 is 5.32 Å². The number of rotatable bonds is 4. The highest BCUT2D eigenvalue weighted by Crippen LogP contribution is 2.60. The standard InChI is InChI=1S/C13H25N/c1-5-6-9(2)13(3,4)12-10-7-14-8-11(10)12/h9-12,14H,5-8H2,1-4H3. The van der Waals surface area contributed by atoms with E-state index < -0.39 is 0 Å². The van der Waals surface area contributed by atoms with E-state index in [2.05, 4.69) is 33.0 Å². The zero-order valence-corrected chi connectivity index (χ0v) is 10.1. The second kappa shape index (κ2) is 3.52. The molecule has 1 aliphatic carbocycles. The average molecular weight is 195 g/mol. The van der Waals surface area contributed by atoms with Crippen LogP contribution in [0.4, 0.5) is 0 Å². The molecule has 82 valence electrons. The zero-order valence-electron chi connectivity index (χ0n) is 10.1. The van der Waals surface area contributed by atoms with Crippen molar-refractivity contribution < 1.29 is 0 Å². The molecule has 1 heterocycles. The lowest BCUT2D eigenvalue weighted by atomic mass is 9.72. The van der Waals surface area contributed by atoms with Crippen molar-refractivity contribution in [1.29, 1.82) is 0 Å². The van der Waals surface area contributed by atoms with Crippen LogP contribution in [0.25, 0.3) is 0 Å². The van der Waals surface area contributed by atoms with Crippen molar-refractivity contribution in [3.63, 3.8) is 0 Å². The van der Waals surface area contributed by atoms with Crippen LogP contribution in [-0.4, -0.2) is 13.1 Å². The molecule has 0 radical (unpaired) electrons. The molecule has 0 amide bonds. The molecule has 0 spiro atoms. The summed E-state index contributed by atoms with van der Waals surface area (Å²) in [6, 6.07) is 0. The Kier molecular flexibility index (Phi) is 2.63. The summed E-state index contributed by atoms with van der Waals surface area (Å²) in [6.07, 6.45) is 2.74. The normalized spacial score (nSPS) is 38.1. The SMILES string of the molecule is CCCC(C)C(C)(C)C1C2CNCC21. The van der Waals surface area contributed by atoms with Gasteiger partial charge >= 0.3 is 0 Å². The first-order valence-electron chi connectivity index (χ1n) is 6.29. The van der Waals surface area contributed by atoms with Gasteiger partial charge in [-0.1, -0.05) is 40.5 Å². The Morgan fingerprint density at radius 2 is 1.86 bits per heavy atom. The van der Waals surface area contributed by atoms with Crippen molar-refractivity contribution in [3.05, 3.63) is 0 Å². The van der Waals surface area contributed by atoms with Crippen molar-refractivity contribution >= 4 is 0 Å². The van der Waals surface area contributed by atoms with Crippen LogP contribution in [0.1, 0.15) is 40.5 Å². The minimum absolute atomic E-state index is 0.577. The second-order valence-corrected chi connectivity index (χ2v) is 6.02. The molecule has 2 rings (SSSR count). The third-order valence-corrected chi connectivity index (χ3v) is 4.94. The quantitative estimate of drug-likeness (QED) is 0.727. The Morgan fingerprint density at radius 3 is 2.36 bits per heavy atom. The first-order chi connectivity index (χ1) is 6.59. The molecule has 1 nitrogen and oxygen atoms in total. The summed E-state index contributed by atoms with van der Waals surface area (Å²) in [5, 5.41) is 3.49. The zero-order chi connectivity index (χ0) is 10.3. The summed E-state index contributed by atoms with van der Waals surface area (Å²) in [5.41, 5.74) is 0.577. The van der Waals surface area contributed by atoms with E-state index in [1.54, 1.807) is 0 Å². The molecular weight excluding hydrogens is 170 g/mol. The highest BCUT2D eigenvalue weighted by molar-refractivity contribution is 5.10. The van der Waals surface area contributed by atoms with Crippen molar-refractivity contribution in [1.82, 2.24) is 5.32 Å². The molecule has 3 atom stereocenters. The van der Waals surface area contributed by atoms with Gasteiger partial charge in [0.15, 0.2) is 0 Å². The third-order valence-electron chi connectivity index (χ3n) is 4.94. The van der Waals surface area contributed by atoms with Gasteiger partial charge in [-0.25, -0.2) is 0 Å². The lowest BCUT2D eigenvalue weighted by Gasteiger charge is -2.34. The van der Waals surface area contributed by atoms with Crippen molar-refractivity contribution in [2.75, 3.05) is 13.1 Å². The van der Waals surface area contributed by atoms with Crippen LogP contribution in [0, 0.1) is 29.1 Å². The fraction of sp³-hybridized carbons (Fsp3) is 1.00. The van der Waals surface area contributed by atoms with E-state index in [1.165, 1.54) is 25.9 Å². The van der Waals surface area contributed by atoms with Gasteiger partial charge in [0.25, 0.3) is 0 Å². The van der Waals surface area contributed by atoms with Gasteiger partial charge in [0.2, 0.25) is 0 Å². The predicted octanol–water partition coefficient (Wildman–Crippen LogP) is 2.91. The Hall–Kier alpha value is -0.0400. The van der Waals surface area contributed by atoms with E-state index >= 15 is 0 Å². The minimum atomic E-state index is 0.577. The van der Waals surface area contributed by atoms with Gasteiger partial charge in [0, 0.05) is 0 Å². The molecule has 14 heavy (non-hydrogen) atoms. The summed E-state index contributed by atoms with van der Waals surface area (Å²) in [6.45, 7) is 12.3. The maximum absolute atomic E-state index is 3.49. The summed E-state index contributed by atoms with van der Waals surface area (Å²) in [4.78, 5) is 0. The van der Waals surface area contributed by atoms with Gasteiger partial charge in [0.05, 0.1) is 0 Å². The Labute approximate surface area is 88.7 Å². The van der Waals surface area contributed by atoms with Gasteiger partial charge in [-0.15, -0.1) is 0 Å². The monoisotopic (exact) mass is 195 g/mol. The molecule has 1 heteroatoms. The highest BCUT2D eigenvalue weighted by atomic mass is 15.0. The van der Waals surface area contributed by atoms with Crippen molar-refractivity contribution in [2.45, 2.75) is 40.5 Å². The van der Waals surface area contributed by atoms with E-state index in [1.807, 2.05) is 0 Å². The maximum atomic E-state index is 3.49. The lowest BCUT2D eigenvalue weighted by Crippen LogP contribution is -2.29. The van der Waals surface area contributed by atoms with E-state index in [0.29, 0.717) is 5.41 Å². The maximum Gasteiger partial charge on any atom is -0.00142 e. The minimum Gasteiger partial charge on any atom is -0.316 e. The molecule has 0 aromatic heterocycles. The van der Waals surface area contributed by atoms with Crippen LogP contribution in [0.5, 0.6) is 0 Å². The molecule has 1 saturated carbocycles. The summed E-state index contributed by atoms with van der Waals surface area (Å²) in [5.74, 6) is 3.95. The van der Waals surface area contributed by atoms with Crippen LogP contribution in [0.2, 0.25) is 0 Å². The summed E-state index contributed by atoms with van der Waals surface area (Å²) >= 11 is 0. The largest absolute Gasteiger partial charge is 0.316 e. The lowest BCUT2D eigenvalue weighted by molar-refractivity contribution is 0.158. The highest BCUT2D eigenvalue weighted by Gasteiger charge is 2.59. The van der Waals surface area contributed by atoms with E-state index in [9.17, 15) is 0 Å². The molecule has 1 aliphatic heterocycles. The van der Waals surface area contributed by atoms with Gasteiger partial charge < -0.3 is 5.32 Å². The average Bonchev–Trinajstić information content (AvgIpc) is 2.64. The first-order valence-corrected chi connectivity index (χ1v) is 6.29. The topological polar surface area (TPSA) is 12.0 Å². The van der Waals surface area contributed by atoms with Crippen LogP contribution >= 0.6 is 0 Å². The molecule has 0 aromatic rings. The number of fused-ring (bicyclic) bond motifs is 1.